The van der Waals surface area contributed by atoms with E-state index in [1.165, 1.54) is 12.1 Å². The number of hydrogen-bond donors (Lipinski definition) is 1. The highest BCUT2D eigenvalue weighted by molar-refractivity contribution is 9.10. The Hall–Kier alpha value is -1.74. The van der Waals surface area contributed by atoms with Gasteiger partial charge in [-0.15, -0.1) is 0 Å². The molecule has 0 spiro atoms. The molecule has 1 fully saturated rings. The first-order valence-electron chi connectivity index (χ1n) is 8.17. The predicted molar refractivity (Wildman–Crippen MR) is 103 cm³/mol. The first-order chi connectivity index (χ1) is 12.5. The Labute approximate surface area is 161 Å². The Kier molecular flexibility index (Phi) is 6.08. The van der Waals surface area contributed by atoms with Crippen LogP contribution in [0.25, 0.3) is 0 Å². The van der Waals surface area contributed by atoms with E-state index in [4.69, 9.17) is 4.74 Å². The van der Waals surface area contributed by atoms with Gasteiger partial charge in [0.25, 0.3) is 0 Å². The van der Waals surface area contributed by atoms with E-state index < -0.39 is 10.0 Å². The summed E-state index contributed by atoms with van der Waals surface area (Å²) in [5, 5.41) is 0. The molecular formula is C18H19BrN2O4S. The number of ether oxygens (including phenoxy) is 1. The van der Waals surface area contributed by atoms with Gasteiger partial charge in [-0.1, -0.05) is 15.9 Å². The molecule has 1 aliphatic rings. The van der Waals surface area contributed by atoms with Crippen molar-refractivity contribution in [3.63, 3.8) is 0 Å². The van der Waals surface area contributed by atoms with Gasteiger partial charge in [0.2, 0.25) is 10.0 Å². The zero-order chi connectivity index (χ0) is 18.6. The maximum atomic E-state index is 12.3. The number of carbonyl (C=O) groups excluding carboxylic acids is 1. The molecule has 0 unspecified atom stereocenters. The number of hydrogen-bond acceptors (Lipinski definition) is 5. The number of anilines is 1. The standard InChI is InChI=1S/C18H19BrN2O4S/c19-15-3-7-17(8-4-15)26(23,24)20-13-18(22)14-1-5-16(6-2-14)21-9-11-25-12-10-21/h1-8,20H,9-13H2. The van der Waals surface area contributed by atoms with Gasteiger partial charge in [-0.3, -0.25) is 4.79 Å². The minimum absolute atomic E-state index is 0.121. The van der Waals surface area contributed by atoms with Gasteiger partial charge in [-0.2, -0.15) is 0 Å². The zero-order valence-electron chi connectivity index (χ0n) is 14.0. The molecule has 2 aromatic carbocycles. The summed E-state index contributed by atoms with van der Waals surface area (Å²) in [7, 11) is -3.72. The van der Waals surface area contributed by atoms with Gasteiger partial charge in [-0.05, 0) is 48.5 Å². The van der Waals surface area contributed by atoms with Gasteiger partial charge in [0.15, 0.2) is 5.78 Å². The third-order valence-electron chi connectivity index (χ3n) is 4.11. The number of ketones is 1. The third kappa shape index (κ3) is 4.70. The minimum atomic E-state index is -3.72. The summed E-state index contributed by atoms with van der Waals surface area (Å²) in [6.07, 6.45) is 0. The fourth-order valence-corrected chi connectivity index (χ4v) is 3.89. The molecule has 1 heterocycles. The van der Waals surface area contributed by atoms with Crippen molar-refractivity contribution < 1.29 is 17.9 Å². The highest BCUT2D eigenvalue weighted by Crippen LogP contribution is 2.17. The smallest absolute Gasteiger partial charge is 0.240 e. The predicted octanol–water partition coefficient (Wildman–Crippen LogP) is 2.45. The molecule has 0 aliphatic carbocycles. The monoisotopic (exact) mass is 438 g/mol. The van der Waals surface area contributed by atoms with E-state index >= 15 is 0 Å². The molecule has 1 N–H and O–H groups in total. The summed E-state index contributed by atoms with van der Waals surface area (Å²) in [6.45, 7) is 2.74. The molecule has 8 heteroatoms. The number of carbonyl (C=O) groups is 1. The highest BCUT2D eigenvalue weighted by atomic mass is 79.9. The Morgan fingerprint density at radius 1 is 1.04 bits per heavy atom. The first kappa shape index (κ1) is 19.0. The fraction of sp³-hybridized carbons (Fsp3) is 0.278. The molecule has 0 radical (unpaired) electrons. The second-order valence-corrected chi connectivity index (χ2v) is 8.53. The molecule has 0 amide bonds. The number of halogens is 1. The Bertz CT molecular complexity index is 861. The summed E-state index contributed by atoms with van der Waals surface area (Å²) in [6, 6.07) is 13.4. The SMILES string of the molecule is O=C(CNS(=O)(=O)c1ccc(Br)cc1)c1ccc(N2CCOCC2)cc1. The van der Waals surface area contributed by atoms with Crippen molar-refractivity contribution in [3.8, 4) is 0 Å². The van der Waals surface area contributed by atoms with E-state index in [2.05, 4.69) is 25.6 Å². The molecule has 6 nitrogen and oxygen atoms in total. The zero-order valence-corrected chi connectivity index (χ0v) is 16.4. The van der Waals surface area contributed by atoms with Gasteiger partial charge < -0.3 is 9.64 Å². The Balaban J connectivity index is 1.61. The van der Waals surface area contributed by atoms with Crippen LogP contribution in [0.1, 0.15) is 10.4 Å². The lowest BCUT2D eigenvalue weighted by Crippen LogP contribution is -2.36. The summed E-state index contributed by atoms with van der Waals surface area (Å²) in [5.74, 6) is -0.279. The van der Waals surface area contributed by atoms with Crippen LogP contribution in [0.3, 0.4) is 0 Å². The number of rotatable bonds is 6. The minimum Gasteiger partial charge on any atom is -0.378 e. The quantitative estimate of drug-likeness (QED) is 0.700. The van der Waals surface area contributed by atoms with E-state index in [0.29, 0.717) is 18.8 Å². The van der Waals surface area contributed by atoms with Crippen molar-refractivity contribution in [3.05, 3.63) is 58.6 Å². The van der Waals surface area contributed by atoms with Crippen molar-refractivity contribution in [1.29, 1.82) is 0 Å². The van der Waals surface area contributed by atoms with E-state index in [1.54, 1.807) is 24.3 Å². The number of nitrogens with zero attached hydrogens (tertiary/aromatic N) is 1. The second-order valence-electron chi connectivity index (χ2n) is 5.85. The van der Waals surface area contributed by atoms with Crippen LogP contribution in [0.5, 0.6) is 0 Å². The second kappa shape index (κ2) is 8.30. The Morgan fingerprint density at radius 2 is 1.65 bits per heavy atom. The van der Waals surface area contributed by atoms with Gasteiger partial charge in [0.1, 0.15) is 0 Å². The molecule has 2 aromatic rings. The molecule has 26 heavy (non-hydrogen) atoms. The highest BCUT2D eigenvalue weighted by Gasteiger charge is 2.17. The summed E-state index contributed by atoms with van der Waals surface area (Å²) < 4.78 is 32.9. The average Bonchev–Trinajstić information content (AvgIpc) is 2.67. The molecule has 0 saturated carbocycles. The fourth-order valence-electron chi connectivity index (χ4n) is 2.64. The summed E-state index contributed by atoms with van der Waals surface area (Å²) in [5.41, 5.74) is 1.50. The average molecular weight is 439 g/mol. The molecule has 0 aromatic heterocycles. The van der Waals surface area contributed by atoms with E-state index in [1.807, 2.05) is 12.1 Å². The van der Waals surface area contributed by atoms with Crippen LogP contribution in [0.15, 0.2) is 57.9 Å². The van der Waals surface area contributed by atoms with Gasteiger partial charge in [0.05, 0.1) is 24.7 Å². The number of Topliss-reactive ketones (excluding diaryl/α,β-unsaturated/α-hetero) is 1. The number of sulfonamides is 1. The molecular weight excluding hydrogens is 420 g/mol. The summed E-state index contributed by atoms with van der Waals surface area (Å²) >= 11 is 3.26. The van der Waals surface area contributed by atoms with E-state index in [0.717, 1.165) is 23.2 Å². The lowest BCUT2D eigenvalue weighted by atomic mass is 10.1. The van der Waals surface area contributed by atoms with Crippen LogP contribution in [0, 0.1) is 0 Å². The normalized spacial score (nSPS) is 15.0. The van der Waals surface area contributed by atoms with Crippen molar-refractivity contribution in [2.24, 2.45) is 0 Å². The molecule has 1 aliphatic heterocycles. The molecule has 1 saturated heterocycles. The van der Waals surface area contributed by atoms with E-state index in [-0.39, 0.29) is 17.2 Å². The molecule has 138 valence electrons. The van der Waals surface area contributed by atoms with Gasteiger partial charge >= 0.3 is 0 Å². The molecule has 0 atom stereocenters. The van der Waals surface area contributed by atoms with E-state index in [9.17, 15) is 13.2 Å². The number of morpholine rings is 1. The first-order valence-corrected chi connectivity index (χ1v) is 10.4. The third-order valence-corrected chi connectivity index (χ3v) is 6.06. The lowest BCUT2D eigenvalue weighted by Gasteiger charge is -2.28. The number of nitrogens with one attached hydrogen (secondary N) is 1. The molecule has 0 bridgehead atoms. The van der Waals surface area contributed by atoms with Crippen LogP contribution in [-0.2, 0) is 14.8 Å². The topological polar surface area (TPSA) is 75.7 Å². The molecule has 3 rings (SSSR count). The maximum absolute atomic E-state index is 12.3. The van der Waals surface area contributed by atoms with Crippen LogP contribution >= 0.6 is 15.9 Å². The largest absolute Gasteiger partial charge is 0.378 e. The van der Waals surface area contributed by atoms with Crippen LogP contribution in [-0.4, -0.2) is 47.0 Å². The Morgan fingerprint density at radius 3 is 2.27 bits per heavy atom. The summed E-state index contributed by atoms with van der Waals surface area (Å²) in [4.78, 5) is 14.6. The van der Waals surface area contributed by atoms with Gasteiger partial charge in [0, 0.05) is 28.8 Å². The number of benzene rings is 2. The van der Waals surface area contributed by atoms with Crippen molar-refractivity contribution in [2.45, 2.75) is 4.90 Å². The van der Waals surface area contributed by atoms with Gasteiger partial charge in [-0.25, -0.2) is 13.1 Å². The van der Waals surface area contributed by atoms with Crippen molar-refractivity contribution in [1.82, 2.24) is 4.72 Å². The lowest BCUT2D eigenvalue weighted by molar-refractivity contribution is 0.0997. The maximum Gasteiger partial charge on any atom is 0.240 e. The van der Waals surface area contributed by atoms with Crippen molar-refractivity contribution in [2.75, 3.05) is 37.7 Å². The van der Waals surface area contributed by atoms with Crippen LogP contribution in [0.4, 0.5) is 5.69 Å². The van der Waals surface area contributed by atoms with Crippen LogP contribution in [0.2, 0.25) is 0 Å². The van der Waals surface area contributed by atoms with Crippen molar-refractivity contribution >= 4 is 37.4 Å². The van der Waals surface area contributed by atoms with Crippen LogP contribution < -0.4 is 9.62 Å².